The summed E-state index contributed by atoms with van der Waals surface area (Å²) in [6, 6.07) is 155. The number of hydrogen-bond acceptors (Lipinski definition) is 6. The van der Waals surface area contributed by atoms with Gasteiger partial charge in [-0.15, -0.1) is 0 Å². The molecule has 4 aliphatic rings. The van der Waals surface area contributed by atoms with E-state index in [1.54, 1.807) is 0 Å². The first-order chi connectivity index (χ1) is 59.4. The highest BCUT2D eigenvalue weighted by Crippen LogP contribution is 2.64. The Bertz CT molecular complexity index is 7310. The summed E-state index contributed by atoms with van der Waals surface area (Å²) in [5, 5.41) is 4.91. The molecule has 6 heteroatoms. The van der Waals surface area contributed by atoms with Gasteiger partial charge in [0.1, 0.15) is 23.0 Å². The summed E-state index contributed by atoms with van der Waals surface area (Å²) in [7, 11) is 0. The zero-order valence-electron chi connectivity index (χ0n) is 65.2. The average Bonchev–Trinajstić information content (AvgIpc) is 1.52. The molecule has 0 saturated heterocycles. The van der Waals surface area contributed by atoms with Crippen LogP contribution in [0.25, 0.3) is 156 Å². The van der Waals surface area contributed by atoms with Crippen molar-refractivity contribution in [1.82, 2.24) is 19.9 Å². The van der Waals surface area contributed by atoms with Crippen molar-refractivity contribution in [2.24, 2.45) is 0 Å². The maximum absolute atomic E-state index is 6.86. The summed E-state index contributed by atoms with van der Waals surface area (Å²) in [6.45, 7) is 0. The molecule has 2 aliphatic heterocycles. The molecule has 0 unspecified atom stereocenters. The molecule has 4 heterocycles. The van der Waals surface area contributed by atoms with Gasteiger partial charge in [-0.1, -0.05) is 370 Å². The molecule has 0 amide bonds. The number of para-hydroxylation sites is 2. The van der Waals surface area contributed by atoms with E-state index in [-0.39, 0.29) is 0 Å². The van der Waals surface area contributed by atoms with E-state index in [4.69, 9.17) is 29.4 Å². The maximum Gasteiger partial charge on any atom is 0.160 e. The van der Waals surface area contributed by atoms with E-state index in [1.165, 1.54) is 71.6 Å². The van der Waals surface area contributed by atoms with Crippen LogP contribution in [0.2, 0.25) is 0 Å². The van der Waals surface area contributed by atoms with Crippen LogP contribution >= 0.6 is 0 Å². The lowest BCUT2D eigenvalue weighted by Crippen LogP contribution is -2.32. The fourth-order valence-corrected chi connectivity index (χ4v) is 19.3. The van der Waals surface area contributed by atoms with Crippen LogP contribution in [0, 0.1) is 0 Å². The smallest absolute Gasteiger partial charge is 0.160 e. The van der Waals surface area contributed by atoms with Crippen molar-refractivity contribution in [3.8, 4) is 158 Å². The minimum atomic E-state index is -0.502. The van der Waals surface area contributed by atoms with Crippen molar-refractivity contribution in [2.45, 2.75) is 10.8 Å². The van der Waals surface area contributed by atoms with E-state index >= 15 is 0 Å². The Hall–Kier alpha value is -15.8. The van der Waals surface area contributed by atoms with Crippen LogP contribution in [0.3, 0.4) is 0 Å². The predicted molar refractivity (Wildman–Crippen MR) is 488 cm³/mol. The van der Waals surface area contributed by atoms with Crippen LogP contribution in [-0.4, -0.2) is 19.9 Å². The van der Waals surface area contributed by atoms with Crippen molar-refractivity contribution in [3.05, 3.63) is 481 Å². The quantitative estimate of drug-likeness (QED) is 0.127. The fraction of sp³-hybridized carbons (Fsp3) is 0.0175. The molecule has 0 N–H and O–H groups in total. The molecule has 24 rings (SSSR count). The highest BCUT2D eigenvalue weighted by atomic mass is 16.5. The van der Waals surface area contributed by atoms with Crippen LogP contribution in [-0.2, 0) is 10.8 Å². The van der Waals surface area contributed by atoms with E-state index in [2.05, 4.69) is 431 Å². The molecule has 20 aromatic rings. The van der Waals surface area contributed by atoms with Gasteiger partial charge < -0.3 is 9.47 Å². The molecular formula is C114H72N4O2. The third-order valence-corrected chi connectivity index (χ3v) is 24.7. The highest BCUT2D eigenvalue weighted by Gasteiger charge is 2.53. The third-order valence-electron chi connectivity index (χ3n) is 24.7. The molecule has 0 saturated carbocycles. The molecule has 6 nitrogen and oxygen atoms in total. The SMILES string of the molecule is c1ccc(-c2cc(-c3ccc4c(ccc5ccccc54)c3)nc(-c3cccc(-c4ccc5c(c4)Oc4ccccc4C54c5ccccc5-c5ccccc54)c3)n2)cc1.c1ccc(-c2cccc(-c3cc(-c4cccc(-c5ccccc5)c4)nc(-c4cccc(-c5ccc6c(c5)Oc5ccccc5C65c6ccccc6-c6ccccc65)c4)n3)c2)cc1. The second-order valence-electron chi connectivity index (χ2n) is 31.4. The zero-order valence-corrected chi connectivity index (χ0v) is 65.2. The van der Waals surface area contributed by atoms with E-state index in [1.807, 2.05) is 6.07 Å². The maximum atomic E-state index is 6.86. The Kier molecular flexibility index (Phi) is 16.6. The second-order valence-corrected chi connectivity index (χ2v) is 31.4. The van der Waals surface area contributed by atoms with Gasteiger partial charge >= 0.3 is 0 Å². The van der Waals surface area contributed by atoms with Crippen molar-refractivity contribution in [3.63, 3.8) is 0 Å². The third kappa shape index (κ3) is 11.5. The van der Waals surface area contributed by atoms with Crippen LogP contribution in [0.4, 0.5) is 0 Å². The van der Waals surface area contributed by atoms with Gasteiger partial charge in [0.15, 0.2) is 11.6 Å². The number of aromatic nitrogens is 4. The topological polar surface area (TPSA) is 70.0 Å². The molecule has 2 spiro atoms. The summed E-state index contributed by atoms with van der Waals surface area (Å²) < 4.78 is 13.7. The van der Waals surface area contributed by atoms with E-state index in [0.29, 0.717) is 11.6 Å². The van der Waals surface area contributed by atoms with Gasteiger partial charge in [0, 0.05) is 55.6 Å². The molecule has 0 atom stereocenters. The lowest BCUT2D eigenvalue weighted by atomic mass is 9.66. The predicted octanol–water partition coefficient (Wildman–Crippen LogP) is 28.9. The number of benzene rings is 18. The first kappa shape index (κ1) is 69.7. The van der Waals surface area contributed by atoms with E-state index in [0.717, 1.165) is 140 Å². The molecular weight excluding hydrogens is 1460 g/mol. The van der Waals surface area contributed by atoms with Gasteiger partial charge in [-0.05, 0) is 177 Å². The molecule has 0 radical (unpaired) electrons. The van der Waals surface area contributed by atoms with Crippen molar-refractivity contribution < 1.29 is 9.47 Å². The molecule has 18 aromatic carbocycles. The number of nitrogens with zero attached hydrogens (tertiary/aromatic N) is 4. The molecule has 120 heavy (non-hydrogen) atoms. The largest absolute Gasteiger partial charge is 0.457 e. The van der Waals surface area contributed by atoms with Gasteiger partial charge in [-0.2, -0.15) is 0 Å². The summed E-state index contributed by atoms with van der Waals surface area (Å²) in [5.41, 5.74) is 32.2. The van der Waals surface area contributed by atoms with Gasteiger partial charge in [-0.3, -0.25) is 0 Å². The molecule has 0 bridgehead atoms. The van der Waals surface area contributed by atoms with Gasteiger partial charge in [0.2, 0.25) is 0 Å². The number of rotatable bonds is 10. The van der Waals surface area contributed by atoms with Crippen LogP contribution in [0.15, 0.2) is 437 Å². The lowest BCUT2D eigenvalue weighted by Gasteiger charge is -2.39. The van der Waals surface area contributed by atoms with Crippen LogP contribution in [0.5, 0.6) is 23.0 Å². The zero-order chi connectivity index (χ0) is 79.2. The Labute approximate surface area is 696 Å². The average molecular weight is 1530 g/mol. The minimum Gasteiger partial charge on any atom is -0.457 e. The lowest BCUT2D eigenvalue weighted by molar-refractivity contribution is 0.436. The first-order valence-electron chi connectivity index (χ1n) is 40.9. The molecule has 560 valence electrons. The summed E-state index contributed by atoms with van der Waals surface area (Å²) in [5.74, 6) is 4.82. The van der Waals surface area contributed by atoms with E-state index < -0.39 is 10.8 Å². The summed E-state index contributed by atoms with van der Waals surface area (Å²) in [6.07, 6.45) is 0. The van der Waals surface area contributed by atoms with Crippen molar-refractivity contribution in [1.29, 1.82) is 0 Å². The van der Waals surface area contributed by atoms with Crippen LogP contribution < -0.4 is 9.47 Å². The Morgan fingerprint density at radius 2 is 0.450 bits per heavy atom. The van der Waals surface area contributed by atoms with Gasteiger partial charge in [-0.25, -0.2) is 19.9 Å². The summed E-state index contributed by atoms with van der Waals surface area (Å²) >= 11 is 0. The highest BCUT2D eigenvalue weighted by molar-refractivity contribution is 6.08. The number of ether oxygens (including phenoxy) is 2. The van der Waals surface area contributed by atoms with E-state index in [9.17, 15) is 0 Å². The minimum absolute atomic E-state index is 0.490. The van der Waals surface area contributed by atoms with Crippen molar-refractivity contribution >= 4 is 21.5 Å². The first-order valence-corrected chi connectivity index (χ1v) is 40.9. The Balaban J connectivity index is 0.000000140. The standard InChI is InChI=1S/C59H38N2O.C55H34N2O/c1-3-16-39(17-4-1)41-20-13-23-45(34-41)54-38-55(46-24-14-21-42(35-46)40-18-5-2-6-19-40)61-58(60-54)47-25-15-22-43(36-47)44-32-33-53-57(37-44)62-56-31-12-11-30-52(56)59(53)50-28-9-7-26-48(50)49-27-8-10-29-51(49)59;1-2-14-36(15-3-1)50-34-51(40-27-29-43-39(32-40)26-25-35-13-4-5-18-42(35)43)57-54(56-50)41-17-12-16-37(31-41)38-28-30-49-53(33-38)58-52-24-11-10-23-48(52)55(49)46-21-8-6-19-44(46)45-20-7-9-22-47(45)55/h1-38H;1-34H. The Morgan fingerprint density at radius 1 is 0.158 bits per heavy atom. The van der Waals surface area contributed by atoms with Gasteiger partial charge in [0.25, 0.3) is 0 Å². The monoisotopic (exact) mass is 1530 g/mol. The normalized spacial score (nSPS) is 12.9. The molecule has 2 aromatic heterocycles. The Morgan fingerprint density at radius 3 is 0.900 bits per heavy atom. The number of fused-ring (bicyclic) bond motifs is 21. The number of hydrogen-bond donors (Lipinski definition) is 0. The van der Waals surface area contributed by atoms with Crippen molar-refractivity contribution in [2.75, 3.05) is 0 Å². The fourth-order valence-electron chi connectivity index (χ4n) is 19.3. The molecule has 2 aliphatic carbocycles. The second kappa shape index (κ2) is 28.6. The molecule has 0 fully saturated rings. The van der Waals surface area contributed by atoms with Gasteiger partial charge in [0.05, 0.1) is 33.6 Å². The summed E-state index contributed by atoms with van der Waals surface area (Å²) in [4.78, 5) is 21.0. The van der Waals surface area contributed by atoms with Crippen LogP contribution in [0.1, 0.15) is 44.5 Å².